The molecule has 0 aromatic carbocycles. The van der Waals surface area contributed by atoms with E-state index in [1.807, 2.05) is 6.92 Å². The second kappa shape index (κ2) is 1.96. The molecule has 0 aliphatic carbocycles. The maximum Gasteiger partial charge on any atom is 0.262 e. The van der Waals surface area contributed by atoms with E-state index in [1.54, 1.807) is 6.08 Å². The maximum absolute atomic E-state index is 10.6. The first kappa shape index (κ1) is 5.31. The van der Waals surface area contributed by atoms with Gasteiger partial charge in [0.25, 0.3) is 5.91 Å². The van der Waals surface area contributed by atoms with Gasteiger partial charge in [-0.3, -0.25) is 10.2 Å². The molecule has 1 saturated heterocycles. The van der Waals surface area contributed by atoms with Gasteiger partial charge in [0.15, 0.2) is 0 Å². The summed E-state index contributed by atoms with van der Waals surface area (Å²) in [5, 5.41) is 0. The summed E-state index contributed by atoms with van der Waals surface area (Å²) in [6, 6.07) is 0. The summed E-state index contributed by atoms with van der Waals surface area (Å²) in [6.07, 6.45) is 1.80. The number of carbonyl (C=O) groups excluding carboxylic acids is 1. The van der Waals surface area contributed by atoms with Gasteiger partial charge in [-0.05, 0) is 6.92 Å². The Labute approximate surface area is 47.7 Å². The Morgan fingerprint density at radius 2 is 2.50 bits per heavy atom. The molecule has 0 spiro atoms. The summed E-state index contributed by atoms with van der Waals surface area (Å²) >= 11 is 0. The molecule has 44 valence electrons. The third kappa shape index (κ3) is 0.721. The number of hydrogen-bond donors (Lipinski definition) is 2. The fourth-order valence-corrected chi connectivity index (χ4v) is 0.613. The van der Waals surface area contributed by atoms with Crippen LogP contribution in [0.3, 0.4) is 0 Å². The normalized spacial score (nSPS) is 24.1. The molecule has 3 heteroatoms. The lowest BCUT2D eigenvalue weighted by Gasteiger charge is -1.83. The lowest BCUT2D eigenvalue weighted by atomic mass is 10.3. The Hall–Kier alpha value is -0.830. The highest BCUT2D eigenvalue weighted by molar-refractivity contribution is 5.95. The van der Waals surface area contributed by atoms with Crippen LogP contribution in [-0.4, -0.2) is 12.5 Å². The molecule has 1 amide bonds. The van der Waals surface area contributed by atoms with Crippen molar-refractivity contribution in [3.63, 3.8) is 0 Å². The van der Waals surface area contributed by atoms with Crippen LogP contribution in [-0.2, 0) is 4.79 Å². The highest BCUT2D eigenvalue weighted by atomic mass is 16.2. The van der Waals surface area contributed by atoms with Crippen molar-refractivity contribution in [2.75, 3.05) is 6.54 Å². The molecule has 0 saturated carbocycles. The topological polar surface area (TPSA) is 41.1 Å². The molecule has 3 nitrogen and oxygen atoms in total. The molecule has 2 N–H and O–H groups in total. The molecule has 1 fully saturated rings. The van der Waals surface area contributed by atoms with Crippen LogP contribution in [0.5, 0.6) is 0 Å². The lowest BCUT2D eigenvalue weighted by Crippen LogP contribution is -2.25. The predicted molar refractivity (Wildman–Crippen MR) is 29.9 cm³/mol. The van der Waals surface area contributed by atoms with Crippen molar-refractivity contribution in [3.05, 3.63) is 11.6 Å². The van der Waals surface area contributed by atoms with Gasteiger partial charge in [0.2, 0.25) is 0 Å². The van der Waals surface area contributed by atoms with Gasteiger partial charge in [0, 0.05) is 12.1 Å². The number of amides is 1. The third-order valence-electron chi connectivity index (χ3n) is 1.12. The number of nitrogens with one attached hydrogen (secondary N) is 2. The zero-order valence-electron chi connectivity index (χ0n) is 4.69. The molecule has 1 aliphatic heterocycles. The molecule has 1 heterocycles. The molecule has 0 aromatic heterocycles. The van der Waals surface area contributed by atoms with Crippen molar-refractivity contribution < 1.29 is 4.79 Å². The van der Waals surface area contributed by atoms with E-state index in [9.17, 15) is 4.79 Å². The Morgan fingerprint density at radius 3 is 2.75 bits per heavy atom. The van der Waals surface area contributed by atoms with E-state index in [0.717, 1.165) is 5.57 Å². The van der Waals surface area contributed by atoms with Gasteiger partial charge in [-0.2, -0.15) is 0 Å². The Morgan fingerprint density at radius 1 is 1.75 bits per heavy atom. The van der Waals surface area contributed by atoms with Crippen molar-refractivity contribution in [1.82, 2.24) is 10.9 Å². The smallest absolute Gasteiger partial charge is 0.262 e. The molecule has 1 aliphatic rings. The van der Waals surface area contributed by atoms with Gasteiger partial charge in [-0.15, -0.1) is 0 Å². The molecule has 8 heavy (non-hydrogen) atoms. The first-order valence-electron chi connectivity index (χ1n) is 2.53. The average Bonchev–Trinajstić information content (AvgIpc) is 2.14. The molecular weight excluding hydrogens is 104 g/mol. The summed E-state index contributed by atoms with van der Waals surface area (Å²) in [6.45, 7) is 2.50. The van der Waals surface area contributed by atoms with E-state index < -0.39 is 0 Å². The highest BCUT2D eigenvalue weighted by Gasteiger charge is 2.12. The third-order valence-corrected chi connectivity index (χ3v) is 1.12. The second-order valence-corrected chi connectivity index (χ2v) is 1.62. The first-order chi connectivity index (χ1) is 3.84. The number of allylic oxidation sites excluding steroid dienone is 1. The van der Waals surface area contributed by atoms with Crippen molar-refractivity contribution in [1.29, 1.82) is 0 Å². The molecule has 0 bridgehead atoms. The SMILES string of the molecule is CC=C1CNNC1=O. The minimum atomic E-state index is -0.00694. The standard InChI is InChI=1S/C5H8N2O/c1-2-4-3-6-7-5(4)8/h2,6H,3H2,1H3,(H,7,8). The number of hydrazine groups is 1. The summed E-state index contributed by atoms with van der Waals surface area (Å²) in [7, 11) is 0. The monoisotopic (exact) mass is 112 g/mol. The molecule has 0 aromatic rings. The Bertz CT molecular complexity index is 139. The average molecular weight is 112 g/mol. The van der Waals surface area contributed by atoms with Crippen molar-refractivity contribution in [2.45, 2.75) is 6.92 Å². The summed E-state index contributed by atoms with van der Waals surface area (Å²) in [5.74, 6) is -0.00694. The number of carbonyl (C=O) groups is 1. The van der Waals surface area contributed by atoms with Crippen LogP contribution in [0.1, 0.15) is 6.92 Å². The minimum Gasteiger partial charge on any atom is -0.287 e. The van der Waals surface area contributed by atoms with Crippen LogP contribution in [0.4, 0.5) is 0 Å². The van der Waals surface area contributed by atoms with Crippen molar-refractivity contribution in [2.24, 2.45) is 0 Å². The highest BCUT2D eigenvalue weighted by Crippen LogP contribution is 1.94. The van der Waals surface area contributed by atoms with Gasteiger partial charge in [0.1, 0.15) is 0 Å². The summed E-state index contributed by atoms with van der Waals surface area (Å²) in [4.78, 5) is 10.6. The molecule has 1 rings (SSSR count). The molecule has 0 unspecified atom stereocenters. The fraction of sp³-hybridized carbons (Fsp3) is 0.400. The van der Waals surface area contributed by atoms with Gasteiger partial charge < -0.3 is 0 Å². The molecular formula is C5H8N2O. The second-order valence-electron chi connectivity index (χ2n) is 1.62. The van der Waals surface area contributed by atoms with Gasteiger partial charge in [-0.25, -0.2) is 5.43 Å². The van der Waals surface area contributed by atoms with Gasteiger partial charge in [0.05, 0.1) is 0 Å². The lowest BCUT2D eigenvalue weighted by molar-refractivity contribution is -0.116. The van der Waals surface area contributed by atoms with Crippen LogP contribution >= 0.6 is 0 Å². The van der Waals surface area contributed by atoms with E-state index in [-0.39, 0.29) is 5.91 Å². The van der Waals surface area contributed by atoms with E-state index in [4.69, 9.17) is 0 Å². The van der Waals surface area contributed by atoms with Gasteiger partial charge >= 0.3 is 0 Å². The number of rotatable bonds is 0. The van der Waals surface area contributed by atoms with Crippen molar-refractivity contribution in [3.8, 4) is 0 Å². The van der Waals surface area contributed by atoms with Crippen molar-refractivity contribution >= 4 is 5.91 Å². The molecule has 0 atom stereocenters. The van der Waals surface area contributed by atoms with E-state index in [1.165, 1.54) is 0 Å². The van der Waals surface area contributed by atoms with Gasteiger partial charge in [-0.1, -0.05) is 6.08 Å². The Kier molecular flexibility index (Phi) is 1.30. The maximum atomic E-state index is 10.6. The van der Waals surface area contributed by atoms with Crippen LogP contribution in [0.15, 0.2) is 11.6 Å². The predicted octanol–water partition coefficient (Wildman–Crippen LogP) is -0.433. The summed E-state index contributed by atoms with van der Waals surface area (Å²) < 4.78 is 0. The zero-order chi connectivity index (χ0) is 5.98. The minimum absolute atomic E-state index is 0.00694. The first-order valence-corrected chi connectivity index (χ1v) is 2.53. The van der Waals surface area contributed by atoms with E-state index in [2.05, 4.69) is 10.9 Å². The zero-order valence-corrected chi connectivity index (χ0v) is 4.69. The number of hydrogen-bond acceptors (Lipinski definition) is 2. The molecule has 0 radical (unpaired) electrons. The van der Waals surface area contributed by atoms with Crippen LogP contribution in [0.25, 0.3) is 0 Å². The van der Waals surface area contributed by atoms with E-state index >= 15 is 0 Å². The summed E-state index contributed by atoms with van der Waals surface area (Å²) in [5.41, 5.74) is 5.98. The Balaban J connectivity index is 2.69. The van der Waals surface area contributed by atoms with Crippen LogP contribution < -0.4 is 10.9 Å². The van der Waals surface area contributed by atoms with Crippen LogP contribution in [0, 0.1) is 0 Å². The fourth-order valence-electron chi connectivity index (χ4n) is 0.613. The van der Waals surface area contributed by atoms with Crippen LogP contribution in [0.2, 0.25) is 0 Å². The van der Waals surface area contributed by atoms with E-state index in [0.29, 0.717) is 6.54 Å². The largest absolute Gasteiger partial charge is 0.287 e. The quantitative estimate of drug-likeness (QED) is 0.417.